The maximum Gasteiger partial charge on any atom is 0.195 e. The highest BCUT2D eigenvalue weighted by Crippen LogP contribution is 2.56. The van der Waals surface area contributed by atoms with Crippen LogP contribution in [0.15, 0.2) is 34.9 Å². The number of fused-ring (bicyclic) bond motifs is 1. The molecule has 2 heterocycles. The molecule has 0 aliphatic carbocycles. The minimum atomic E-state index is -1.54. The highest BCUT2D eigenvalue weighted by molar-refractivity contribution is 9.10. The molecular weight excluding hydrogens is 375 g/mol. The number of rotatable bonds is 2. The number of aromatic nitrogens is 1. The third-order valence-electron chi connectivity index (χ3n) is 4.05. The number of nitrogens with zero attached hydrogens (tertiary/aromatic N) is 1. The molecule has 7 heteroatoms. The van der Waals surface area contributed by atoms with Crippen LogP contribution in [0.5, 0.6) is 5.75 Å². The minimum absolute atomic E-state index is 0.0443. The molecule has 116 valence electrons. The SMILES string of the molecule is CC1(O)c2c(cc(F)c(Cl)c2Br)OC1(CN)c1ccccn1. The fourth-order valence-electron chi connectivity index (χ4n) is 2.84. The maximum atomic E-state index is 13.9. The molecule has 0 amide bonds. The lowest BCUT2D eigenvalue weighted by Gasteiger charge is -2.37. The molecule has 1 aromatic heterocycles. The molecule has 0 radical (unpaired) electrons. The molecule has 2 aromatic rings. The number of hydrogen-bond donors (Lipinski definition) is 2. The number of hydrogen-bond acceptors (Lipinski definition) is 4. The molecule has 1 aliphatic heterocycles. The van der Waals surface area contributed by atoms with Crippen LogP contribution in [0, 0.1) is 5.82 Å². The Balaban J connectivity index is 2.28. The smallest absolute Gasteiger partial charge is 0.195 e. The summed E-state index contributed by atoms with van der Waals surface area (Å²) in [6.45, 7) is 1.51. The van der Waals surface area contributed by atoms with E-state index in [0.29, 0.717) is 11.3 Å². The summed E-state index contributed by atoms with van der Waals surface area (Å²) in [6.07, 6.45) is 1.58. The van der Waals surface area contributed by atoms with E-state index in [0.717, 1.165) is 6.07 Å². The van der Waals surface area contributed by atoms with E-state index in [1.807, 2.05) is 0 Å². The first-order valence-corrected chi connectivity index (χ1v) is 7.73. The summed E-state index contributed by atoms with van der Waals surface area (Å²) >= 11 is 9.17. The van der Waals surface area contributed by atoms with Crippen LogP contribution in [-0.4, -0.2) is 16.6 Å². The van der Waals surface area contributed by atoms with Crippen molar-refractivity contribution in [2.24, 2.45) is 5.73 Å². The molecule has 0 spiro atoms. The van der Waals surface area contributed by atoms with Gasteiger partial charge in [-0.3, -0.25) is 4.98 Å². The number of aliphatic hydroxyl groups is 1. The Kier molecular flexibility index (Phi) is 3.68. The van der Waals surface area contributed by atoms with Crippen molar-refractivity contribution < 1.29 is 14.2 Å². The average Bonchev–Trinajstić information content (AvgIpc) is 2.73. The monoisotopic (exact) mass is 386 g/mol. The summed E-state index contributed by atoms with van der Waals surface area (Å²) < 4.78 is 20.0. The van der Waals surface area contributed by atoms with Gasteiger partial charge in [0.15, 0.2) is 5.60 Å². The second-order valence-electron chi connectivity index (χ2n) is 5.28. The van der Waals surface area contributed by atoms with Crippen molar-refractivity contribution in [2.75, 3.05) is 6.54 Å². The van der Waals surface area contributed by atoms with E-state index < -0.39 is 17.0 Å². The zero-order valence-electron chi connectivity index (χ0n) is 11.6. The first-order valence-electron chi connectivity index (χ1n) is 6.56. The summed E-state index contributed by atoms with van der Waals surface area (Å²) in [5.74, 6) is -0.452. The van der Waals surface area contributed by atoms with Gasteiger partial charge in [-0.15, -0.1) is 0 Å². The number of pyridine rings is 1. The number of ether oxygens (including phenoxy) is 1. The molecule has 0 saturated carbocycles. The van der Waals surface area contributed by atoms with Crippen molar-refractivity contribution in [2.45, 2.75) is 18.1 Å². The normalized spacial score (nSPS) is 26.6. The Bertz CT molecular complexity index is 742. The van der Waals surface area contributed by atoms with Crippen LogP contribution in [0.4, 0.5) is 4.39 Å². The van der Waals surface area contributed by atoms with Crippen molar-refractivity contribution in [1.29, 1.82) is 0 Å². The Morgan fingerprint density at radius 1 is 1.50 bits per heavy atom. The first kappa shape index (κ1) is 15.7. The van der Waals surface area contributed by atoms with Crippen LogP contribution in [0.25, 0.3) is 0 Å². The molecule has 1 aromatic carbocycles. The maximum absolute atomic E-state index is 13.9. The number of halogens is 3. The lowest BCUT2D eigenvalue weighted by molar-refractivity contribution is -0.106. The Morgan fingerprint density at radius 2 is 2.23 bits per heavy atom. The zero-order chi connectivity index (χ0) is 16.1. The van der Waals surface area contributed by atoms with Gasteiger partial charge in [-0.2, -0.15) is 0 Å². The van der Waals surface area contributed by atoms with Gasteiger partial charge in [-0.1, -0.05) is 17.7 Å². The highest BCUT2D eigenvalue weighted by atomic mass is 79.9. The average molecular weight is 388 g/mol. The van der Waals surface area contributed by atoms with Gasteiger partial charge in [-0.05, 0) is 35.0 Å². The molecule has 0 saturated heterocycles. The third kappa shape index (κ3) is 1.91. The number of nitrogens with two attached hydrogens (primary N) is 1. The van der Waals surface area contributed by atoms with Gasteiger partial charge in [0.05, 0.1) is 10.7 Å². The van der Waals surface area contributed by atoms with E-state index >= 15 is 0 Å². The fourth-order valence-corrected chi connectivity index (χ4v) is 3.76. The molecule has 2 unspecified atom stereocenters. The molecule has 0 fully saturated rings. The Morgan fingerprint density at radius 3 is 2.82 bits per heavy atom. The van der Waals surface area contributed by atoms with E-state index in [9.17, 15) is 9.50 Å². The van der Waals surface area contributed by atoms with E-state index in [2.05, 4.69) is 20.9 Å². The van der Waals surface area contributed by atoms with Gasteiger partial charge >= 0.3 is 0 Å². The predicted molar refractivity (Wildman–Crippen MR) is 84.3 cm³/mol. The van der Waals surface area contributed by atoms with Crippen molar-refractivity contribution in [3.63, 3.8) is 0 Å². The summed E-state index contributed by atoms with van der Waals surface area (Å²) in [4.78, 5) is 4.25. The fraction of sp³-hybridized carbons (Fsp3) is 0.267. The summed E-state index contributed by atoms with van der Waals surface area (Å²) in [5, 5.41) is 11.0. The first-order chi connectivity index (χ1) is 10.3. The summed E-state index contributed by atoms with van der Waals surface area (Å²) in [6, 6.07) is 6.37. The van der Waals surface area contributed by atoms with Gasteiger partial charge < -0.3 is 15.6 Å². The predicted octanol–water partition coefficient (Wildman–Crippen LogP) is 3.09. The molecule has 3 N–H and O–H groups in total. The third-order valence-corrected chi connectivity index (χ3v) is 5.44. The van der Waals surface area contributed by atoms with Gasteiger partial charge in [0.1, 0.15) is 17.2 Å². The second kappa shape index (κ2) is 5.16. The molecule has 1 aliphatic rings. The van der Waals surface area contributed by atoms with Crippen molar-refractivity contribution in [3.8, 4) is 5.75 Å². The van der Waals surface area contributed by atoms with Crippen LogP contribution < -0.4 is 10.5 Å². The van der Waals surface area contributed by atoms with Gasteiger partial charge in [0.2, 0.25) is 0 Å². The van der Waals surface area contributed by atoms with Crippen LogP contribution in [0.1, 0.15) is 18.2 Å². The standard InChI is InChI=1S/C15H13BrClFN2O2/c1-14(21)11-9(6-8(18)13(17)12(11)16)22-15(14,7-19)10-4-2-3-5-20-10/h2-6,21H,7,19H2,1H3. The lowest BCUT2D eigenvalue weighted by atomic mass is 9.78. The van der Waals surface area contributed by atoms with Crippen LogP contribution in [-0.2, 0) is 11.2 Å². The van der Waals surface area contributed by atoms with E-state index in [-0.39, 0.29) is 21.8 Å². The largest absolute Gasteiger partial charge is 0.476 e. The van der Waals surface area contributed by atoms with E-state index in [1.165, 1.54) is 0 Å². The van der Waals surface area contributed by atoms with E-state index in [4.69, 9.17) is 22.1 Å². The molecular formula is C15H13BrClFN2O2. The number of benzene rings is 1. The van der Waals surface area contributed by atoms with Gasteiger partial charge in [0, 0.05) is 28.8 Å². The summed E-state index contributed by atoms with van der Waals surface area (Å²) in [5.41, 5.74) is 3.87. The topological polar surface area (TPSA) is 68.4 Å². The lowest BCUT2D eigenvalue weighted by Crippen LogP contribution is -2.53. The van der Waals surface area contributed by atoms with Crippen molar-refractivity contribution in [1.82, 2.24) is 4.98 Å². The highest BCUT2D eigenvalue weighted by Gasteiger charge is 2.59. The zero-order valence-corrected chi connectivity index (χ0v) is 13.9. The molecule has 3 rings (SSSR count). The van der Waals surface area contributed by atoms with Crippen LogP contribution >= 0.6 is 27.5 Å². The van der Waals surface area contributed by atoms with Crippen molar-refractivity contribution >= 4 is 27.5 Å². The van der Waals surface area contributed by atoms with Crippen LogP contribution in [0.3, 0.4) is 0 Å². The minimum Gasteiger partial charge on any atom is -0.476 e. The molecule has 22 heavy (non-hydrogen) atoms. The second-order valence-corrected chi connectivity index (χ2v) is 6.45. The quantitative estimate of drug-likeness (QED) is 0.777. The van der Waals surface area contributed by atoms with Crippen molar-refractivity contribution in [3.05, 3.63) is 57.0 Å². The Labute approximate surface area is 140 Å². The summed E-state index contributed by atoms with van der Waals surface area (Å²) in [7, 11) is 0. The van der Waals surface area contributed by atoms with E-state index in [1.54, 1.807) is 31.3 Å². The Hall–Kier alpha value is -1.21. The molecule has 2 atom stereocenters. The van der Waals surface area contributed by atoms with Crippen LogP contribution in [0.2, 0.25) is 5.02 Å². The van der Waals surface area contributed by atoms with Gasteiger partial charge in [0.25, 0.3) is 0 Å². The van der Waals surface area contributed by atoms with Gasteiger partial charge in [-0.25, -0.2) is 4.39 Å². The molecule has 0 bridgehead atoms. The molecule has 4 nitrogen and oxygen atoms in total.